The summed E-state index contributed by atoms with van der Waals surface area (Å²) in [6, 6.07) is 21.1. The van der Waals surface area contributed by atoms with E-state index in [0.717, 1.165) is 52.8 Å². The third kappa shape index (κ3) is 5.99. The zero-order valence-corrected chi connectivity index (χ0v) is 22.0. The number of methoxy groups -OCH3 is 2. The SMILES string of the molecule is CCCCc1nc2cc(C(=O)CCC(=O)OC)ccc2n1Cc1ccc(-c2ccccc2C(=O)OC)cc1. The van der Waals surface area contributed by atoms with E-state index >= 15 is 0 Å². The van der Waals surface area contributed by atoms with Gasteiger partial charge in [-0.05, 0) is 47.4 Å². The summed E-state index contributed by atoms with van der Waals surface area (Å²) in [5, 5.41) is 0. The Bertz CT molecular complexity index is 1450. The first-order chi connectivity index (χ1) is 18.4. The molecule has 0 spiro atoms. The van der Waals surface area contributed by atoms with Crippen LogP contribution in [0, 0.1) is 0 Å². The Morgan fingerprint density at radius 3 is 2.37 bits per heavy atom. The Morgan fingerprint density at radius 1 is 0.895 bits per heavy atom. The van der Waals surface area contributed by atoms with Crippen LogP contribution < -0.4 is 0 Å². The monoisotopic (exact) mass is 512 g/mol. The predicted molar refractivity (Wildman–Crippen MR) is 146 cm³/mol. The number of rotatable bonds is 11. The molecule has 1 aromatic heterocycles. The quantitative estimate of drug-likeness (QED) is 0.180. The van der Waals surface area contributed by atoms with Gasteiger partial charge in [0.2, 0.25) is 0 Å². The minimum Gasteiger partial charge on any atom is -0.469 e. The molecule has 0 fully saturated rings. The summed E-state index contributed by atoms with van der Waals surface area (Å²) in [6.45, 7) is 2.78. The van der Waals surface area contributed by atoms with Gasteiger partial charge in [-0.3, -0.25) is 9.59 Å². The number of aromatic nitrogens is 2. The van der Waals surface area contributed by atoms with Crippen LogP contribution in [0.3, 0.4) is 0 Å². The molecule has 0 aliphatic carbocycles. The van der Waals surface area contributed by atoms with E-state index in [1.165, 1.54) is 14.2 Å². The maximum atomic E-state index is 12.6. The summed E-state index contributed by atoms with van der Waals surface area (Å²) >= 11 is 0. The lowest BCUT2D eigenvalue weighted by Crippen LogP contribution is -2.06. The molecular weight excluding hydrogens is 480 g/mol. The van der Waals surface area contributed by atoms with E-state index in [1.807, 2.05) is 42.5 Å². The molecule has 0 unspecified atom stereocenters. The van der Waals surface area contributed by atoms with Gasteiger partial charge in [0.25, 0.3) is 0 Å². The minimum absolute atomic E-state index is 0.0592. The summed E-state index contributed by atoms with van der Waals surface area (Å²) in [4.78, 5) is 41.1. The van der Waals surface area contributed by atoms with E-state index in [2.05, 4.69) is 28.4 Å². The van der Waals surface area contributed by atoms with Gasteiger partial charge in [0, 0.05) is 24.9 Å². The van der Waals surface area contributed by atoms with Crippen molar-refractivity contribution in [3.05, 3.63) is 89.2 Å². The molecule has 0 atom stereocenters. The van der Waals surface area contributed by atoms with Crippen LogP contribution in [0.15, 0.2) is 66.7 Å². The number of aryl methyl sites for hydroxylation is 1. The number of carbonyl (C=O) groups is 3. The number of fused-ring (bicyclic) bond motifs is 1. The third-order valence-electron chi connectivity index (χ3n) is 6.63. The topological polar surface area (TPSA) is 87.5 Å². The van der Waals surface area contributed by atoms with E-state index in [1.54, 1.807) is 12.1 Å². The van der Waals surface area contributed by atoms with Gasteiger partial charge in [0.15, 0.2) is 5.78 Å². The Morgan fingerprint density at radius 2 is 1.66 bits per heavy atom. The Balaban J connectivity index is 1.61. The van der Waals surface area contributed by atoms with E-state index in [0.29, 0.717) is 17.7 Å². The average molecular weight is 513 g/mol. The van der Waals surface area contributed by atoms with Gasteiger partial charge in [-0.1, -0.05) is 55.8 Å². The Labute approximate surface area is 222 Å². The molecule has 38 heavy (non-hydrogen) atoms. The maximum absolute atomic E-state index is 12.6. The van der Waals surface area contributed by atoms with Crippen LogP contribution in [0.5, 0.6) is 0 Å². The van der Waals surface area contributed by atoms with Gasteiger partial charge in [-0.2, -0.15) is 0 Å². The first kappa shape index (κ1) is 26.8. The van der Waals surface area contributed by atoms with Crippen molar-refractivity contribution in [2.45, 2.75) is 45.6 Å². The van der Waals surface area contributed by atoms with E-state index in [-0.39, 0.29) is 24.6 Å². The van der Waals surface area contributed by atoms with Crippen molar-refractivity contribution in [2.75, 3.05) is 14.2 Å². The number of ether oxygens (including phenoxy) is 2. The lowest BCUT2D eigenvalue weighted by Gasteiger charge is -2.12. The van der Waals surface area contributed by atoms with Gasteiger partial charge in [-0.25, -0.2) is 9.78 Å². The molecule has 0 bridgehead atoms. The number of imidazole rings is 1. The number of Topliss-reactive ketones (excluding diaryl/α,β-unsaturated/α-hetero) is 1. The van der Waals surface area contributed by atoms with Crippen molar-refractivity contribution >= 4 is 28.8 Å². The standard InChI is InChI=1S/C31H32N2O5/c1-4-5-10-29-32-26-19-23(28(34)17-18-30(35)37-2)15-16-27(26)33(29)20-21-11-13-22(14-12-21)24-8-6-7-9-25(24)31(36)38-3/h6-9,11-16,19H,4-5,10,17-18,20H2,1-3H3. The number of benzene rings is 3. The highest BCUT2D eigenvalue weighted by Gasteiger charge is 2.16. The second kappa shape index (κ2) is 12.3. The van der Waals surface area contributed by atoms with Crippen molar-refractivity contribution in [1.82, 2.24) is 9.55 Å². The largest absolute Gasteiger partial charge is 0.469 e. The number of nitrogens with zero attached hydrogens (tertiary/aromatic N) is 2. The first-order valence-electron chi connectivity index (χ1n) is 12.8. The Kier molecular flexibility index (Phi) is 8.69. The van der Waals surface area contributed by atoms with Crippen molar-refractivity contribution in [3.63, 3.8) is 0 Å². The minimum atomic E-state index is -0.398. The lowest BCUT2D eigenvalue weighted by molar-refractivity contribution is -0.140. The molecule has 4 aromatic rings. The lowest BCUT2D eigenvalue weighted by atomic mass is 9.98. The van der Waals surface area contributed by atoms with Crippen molar-refractivity contribution in [3.8, 4) is 11.1 Å². The zero-order valence-electron chi connectivity index (χ0n) is 22.0. The first-order valence-corrected chi connectivity index (χ1v) is 12.8. The van der Waals surface area contributed by atoms with Gasteiger partial charge in [0.1, 0.15) is 5.82 Å². The second-order valence-corrected chi connectivity index (χ2v) is 9.15. The summed E-state index contributed by atoms with van der Waals surface area (Å²) in [5.74, 6) is 0.106. The van der Waals surface area contributed by atoms with Gasteiger partial charge in [0.05, 0.1) is 37.2 Å². The molecule has 196 valence electrons. The number of hydrogen-bond donors (Lipinski definition) is 0. The molecule has 0 aliphatic heterocycles. The maximum Gasteiger partial charge on any atom is 0.338 e. The van der Waals surface area contributed by atoms with Crippen LogP contribution in [-0.4, -0.2) is 41.5 Å². The van der Waals surface area contributed by atoms with Crippen LogP contribution in [0.2, 0.25) is 0 Å². The molecule has 0 radical (unpaired) electrons. The normalized spacial score (nSPS) is 10.9. The summed E-state index contributed by atoms with van der Waals surface area (Å²) in [5.41, 5.74) is 5.66. The smallest absolute Gasteiger partial charge is 0.338 e. The fraction of sp³-hybridized carbons (Fsp3) is 0.290. The average Bonchev–Trinajstić information content (AvgIpc) is 3.30. The molecule has 0 N–H and O–H groups in total. The van der Waals surface area contributed by atoms with E-state index < -0.39 is 5.97 Å². The highest BCUT2D eigenvalue weighted by molar-refractivity contribution is 6.00. The molecule has 7 heteroatoms. The second-order valence-electron chi connectivity index (χ2n) is 9.15. The van der Waals surface area contributed by atoms with Crippen LogP contribution in [0.1, 0.15) is 64.7 Å². The van der Waals surface area contributed by atoms with Crippen LogP contribution >= 0.6 is 0 Å². The number of esters is 2. The van der Waals surface area contributed by atoms with Gasteiger partial charge >= 0.3 is 11.9 Å². The summed E-state index contributed by atoms with van der Waals surface area (Å²) in [7, 11) is 2.70. The fourth-order valence-corrected chi connectivity index (χ4v) is 4.51. The van der Waals surface area contributed by atoms with Crippen molar-refractivity contribution in [1.29, 1.82) is 0 Å². The third-order valence-corrected chi connectivity index (χ3v) is 6.63. The van der Waals surface area contributed by atoms with Crippen molar-refractivity contribution in [2.24, 2.45) is 0 Å². The predicted octanol–water partition coefficient (Wildman–Crippen LogP) is 6.02. The highest BCUT2D eigenvalue weighted by Crippen LogP contribution is 2.26. The van der Waals surface area contributed by atoms with Crippen molar-refractivity contribution < 1.29 is 23.9 Å². The van der Waals surface area contributed by atoms with E-state index in [9.17, 15) is 14.4 Å². The van der Waals surface area contributed by atoms with Crippen LogP contribution in [0.25, 0.3) is 22.2 Å². The van der Waals surface area contributed by atoms with Gasteiger partial charge < -0.3 is 14.0 Å². The number of ketones is 1. The number of carbonyl (C=O) groups excluding carboxylic acids is 3. The molecule has 1 heterocycles. The van der Waals surface area contributed by atoms with Gasteiger partial charge in [-0.15, -0.1) is 0 Å². The molecule has 0 saturated carbocycles. The molecule has 0 aliphatic rings. The highest BCUT2D eigenvalue weighted by atomic mass is 16.5. The molecule has 4 rings (SSSR count). The molecule has 0 amide bonds. The van der Waals surface area contributed by atoms with Crippen LogP contribution in [0.4, 0.5) is 0 Å². The molecular formula is C31H32N2O5. The molecule has 3 aromatic carbocycles. The molecule has 0 saturated heterocycles. The summed E-state index contributed by atoms with van der Waals surface area (Å²) < 4.78 is 11.8. The zero-order chi connectivity index (χ0) is 27.1. The van der Waals surface area contributed by atoms with Crippen LogP contribution in [-0.2, 0) is 27.2 Å². The summed E-state index contributed by atoms with van der Waals surface area (Å²) in [6.07, 6.45) is 3.06. The number of unbranched alkanes of at least 4 members (excludes halogenated alkanes) is 1. The number of hydrogen-bond acceptors (Lipinski definition) is 6. The Hall–Kier alpha value is -4.26. The van der Waals surface area contributed by atoms with E-state index in [4.69, 9.17) is 9.72 Å². The fourth-order valence-electron chi connectivity index (χ4n) is 4.51. The molecule has 7 nitrogen and oxygen atoms in total.